The molecular weight excluding hydrogens is 490 g/mol. The minimum Gasteiger partial charge on any atom is -0.475 e. The third-order valence-electron chi connectivity index (χ3n) is 5.49. The number of ether oxygens (including phenoxy) is 1. The van der Waals surface area contributed by atoms with Gasteiger partial charge in [0.25, 0.3) is 5.91 Å². The van der Waals surface area contributed by atoms with Crippen molar-refractivity contribution in [3.8, 4) is 11.9 Å². The van der Waals surface area contributed by atoms with Crippen LogP contribution in [0.1, 0.15) is 32.6 Å². The summed E-state index contributed by atoms with van der Waals surface area (Å²) in [6.45, 7) is 0.0863. The van der Waals surface area contributed by atoms with Crippen molar-refractivity contribution in [3.63, 3.8) is 0 Å². The number of carbonyl (C=O) groups excluding carboxylic acids is 1. The van der Waals surface area contributed by atoms with E-state index in [1.807, 2.05) is 6.07 Å². The highest BCUT2D eigenvalue weighted by molar-refractivity contribution is 6.42. The van der Waals surface area contributed by atoms with Gasteiger partial charge in [-0.05, 0) is 53.9 Å². The fraction of sp³-hybridized carbons (Fsp3) is 0.208. The fourth-order valence-corrected chi connectivity index (χ4v) is 4.02. The first kappa shape index (κ1) is 23.9. The smallest absolute Gasteiger partial charge is 0.416 e. The maximum absolute atomic E-state index is 13.3. The van der Waals surface area contributed by atoms with Crippen LogP contribution >= 0.6 is 23.2 Å². The lowest BCUT2D eigenvalue weighted by molar-refractivity contribution is -0.137. The topological polar surface area (TPSA) is 66.2 Å². The molecular formula is C24H16Cl2F3N3O2. The Bertz CT molecular complexity index is 1270. The molecule has 1 amide bonds. The van der Waals surface area contributed by atoms with Crippen LogP contribution in [0.25, 0.3) is 0 Å². The van der Waals surface area contributed by atoms with Gasteiger partial charge in [-0.15, -0.1) is 0 Å². The third kappa shape index (κ3) is 5.11. The molecule has 0 bridgehead atoms. The summed E-state index contributed by atoms with van der Waals surface area (Å²) >= 11 is 12.0. The molecule has 0 N–H and O–H groups in total. The van der Waals surface area contributed by atoms with Crippen LogP contribution in [0.4, 0.5) is 13.2 Å². The highest BCUT2D eigenvalue weighted by Crippen LogP contribution is 2.34. The van der Waals surface area contributed by atoms with E-state index in [1.54, 1.807) is 11.0 Å². The number of nitriles is 1. The molecule has 0 saturated heterocycles. The first-order valence-corrected chi connectivity index (χ1v) is 10.9. The molecule has 0 fully saturated rings. The quantitative estimate of drug-likeness (QED) is 0.441. The average molecular weight is 506 g/mol. The number of alkyl halides is 3. The van der Waals surface area contributed by atoms with E-state index in [9.17, 15) is 18.0 Å². The zero-order valence-corrected chi connectivity index (χ0v) is 19.0. The molecule has 10 heteroatoms. The SMILES string of the molecule is N#Cc1ccc(OC[C@@H]2Cc3cc(C(F)(F)F)ccc3CN2C(=O)c2ccc(Cl)c(Cl)c2)nc1. The van der Waals surface area contributed by atoms with Gasteiger partial charge in [0, 0.05) is 24.4 Å². The van der Waals surface area contributed by atoms with Crippen molar-refractivity contribution in [2.45, 2.75) is 25.2 Å². The van der Waals surface area contributed by atoms with Gasteiger partial charge in [0.1, 0.15) is 12.7 Å². The lowest BCUT2D eigenvalue weighted by atomic mass is 9.92. The van der Waals surface area contributed by atoms with E-state index >= 15 is 0 Å². The van der Waals surface area contributed by atoms with Gasteiger partial charge in [-0.3, -0.25) is 4.79 Å². The third-order valence-corrected chi connectivity index (χ3v) is 6.23. The summed E-state index contributed by atoms with van der Waals surface area (Å²) in [5.74, 6) is -0.124. The lowest BCUT2D eigenvalue weighted by Crippen LogP contribution is -2.47. The molecule has 0 aliphatic carbocycles. The summed E-state index contributed by atoms with van der Waals surface area (Å²) in [4.78, 5) is 18.9. The lowest BCUT2D eigenvalue weighted by Gasteiger charge is -2.37. The molecule has 3 aromatic rings. The van der Waals surface area contributed by atoms with Crippen molar-refractivity contribution in [2.24, 2.45) is 0 Å². The second-order valence-corrected chi connectivity index (χ2v) is 8.52. The van der Waals surface area contributed by atoms with Crippen molar-refractivity contribution in [2.75, 3.05) is 6.61 Å². The van der Waals surface area contributed by atoms with Crippen LogP contribution in [0.2, 0.25) is 10.0 Å². The van der Waals surface area contributed by atoms with Crippen LogP contribution in [0.5, 0.6) is 5.88 Å². The van der Waals surface area contributed by atoms with Gasteiger partial charge in [0.2, 0.25) is 5.88 Å². The second kappa shape index (κ2) is 9.53. The molecule has 2 heterocycles. The second-order valence-electron chi connectivity index (χ2n) is 7.71. The standard InChI is InChI=1S/C24H16Cl2F3N3O2/c25-20-5-3-15(9-21(20)26)23(33)32-12-16-2-4-18(24(27,28)29)7-17(16)8-19(32)13-34-22-6-1-14(10-30)11-31-22/h1-7,9,11,19H,8,12-13H2/t19-/m0/s1. The summed E-state index contributed by atoms with van der Waals surface area (Å²) < 4.78 is 45.5. The molecule has 1 aliphatic rings. The Hall–Kier alpha value is -3.28. The largest absolute Gasteiger partial charge is 0.475 e. The first-order chi connectivity index (χ1) is 16.2. The number of pyridine rings is 1. The molecule has 0 saturated carbocycles. The normalized spacial score (nSPS) is 15.4. The molecule has 1 aliphatic heterocycles. The Morgan fingerprint density at radius 2 is 1.91 bits per heavy atom. The number of hydrogen-bond donors (Lipinski definition) is 0. The number of fused-ring (bicyclic) bond motifs is 1. The maximum Gasteiger partial charge on any atom is 0.416 e. The van der Waals surface area contributed by atoms with Crippen LogP contribution in [0.3, 0.4) is 0 Å². The molecule has 2 aromatic carbocycles. The monoisotopic (exact) mass is 505 g/mol. The van der Waals surface area contributed by atoms with Crippen LogP contribution in [0, 0.1) is 11.3 Å². The minimum atomic E-state index is -4.47. The number of rotatable bonds is 4. The Balaban J connectivity index is 1.64. The Morgan fingerprint density at radius 1 is 1.12 bits per heavy atom. The molecule has 0 spiro atoms. The van der Waals surface area contributed by atoms with E-state index in [4.69, 9.17) is 33.2 Å². The van der Waals surface area contributed by atoms with Crippen LogP contribution in [-0.4, -0.2) is 28.4 Å². The molecule has 5 nitrogen and oxygen atoms in total. The predicted octanol–water partition coefficient (Wildman–Crippen LogP) is 5.92. The first-order valence-electron chi connectivity index (χ1n) is 10.1. The molecule has 174 valence electrons. The van der Waals surface area contributed by atoms with E-state index in [-0.39, 0.29) is 36.4 Å². The summed E-state index contributed by atoms with van der Waals surface area (Å²) in [7, 11) is 0. The number of halogens is 5. The summed E-state index contributed by atoms with van der Waals surface area (Å²) in [5.41, 5.74) is 1.02. The highest BCUT2D eigenvalue weighted by atomic mass is 35.5. The van der Waals surface area contributed by atoms with E-state index in [2.05, 4.69) is 4.98 Å². The zero-order chi connectivity index (χ0) is 24.5. The molecule has 1 atom stereocenters. The van der Waals surface area contributed by atoms with Crippen LogP contribution in [-0.2, 0) is 19.1 Å². The van der Waals surface area contributed by atoms with Crippen molar-refractivity contribution < 1.29 is 22.7 Å². The van der Waals surface area contributed by atoms with Gasteiger partial charge in [-0.1, -0.05) is 29.3 Å². The molecule has 4 rings (SSSR count). The van der Waals surface area contributed by atoms with Gasteiger partial charge < -0.3 is 9.64 Å². The van der Waals surface area contributed by atoms with Gasteiger partial charge in [0.15, 0.2) is 0 Å². The van der Waals surface area contributed by atoms with Crippen molar-refractivity contribution >= 4 is 29.1 Å². The average Bonchev–Trinajstić information content (AvgIpc) is 2.82. The fourth-order valence-electron chi connectivity index (χ4n) is 3.72. The predicted molar refractivity (Wildman–Crippen MR) is 120 cm³/mol. The summed E-state index contributed by atoms with van der Waals surface area (Å²) in [6.07, 6.45) is -2.97. The van der Waals surface area contributed by atoms with Gasteiger partial charge in [-0.25, -0.2) is 4.98 Å². The number of nitrogens with zero attached hydrogens (tertiary/aromatic N) is 3. The van der Waals surface area contributed by atoms with Crippen LogP contribution < -0.4 is 4.74 Å². The van der Waals surface area contributed by atoms with E-state index in [1.165, 1.54) is 36.5 Å². The van der Waals surface area contributed by atoms with Gasteiger partial charge in [-0.2, -0.15) is 18.4 Å². The van der Waals surface area contributed by atoms with Crippen molar-refractivity contribution in [1.29, 1.82) is 5.26 Å². The Labute approximate surface area is 203 Å². The molecule has 0 unspecified atom stereocenters. The number of hydrogen-bond acceptors (Lipinski definition) is 4. The molecule has 0 radical (unpaired) electrons. The summed E-state index contributed by atoms with van der Waals surface area (Å²) in [6, 6.07) is 12.5. The maximum atomic E-state index is 13.3. The summed E-state index contributed by atoms with van der Waals surface area (Å²) in [5, 5.41) is 9.42. The van der Waals surface area contributed by atoms with E-state index < -0.39 is 17.8 Å². The van der Waals surface area contributed by atoms with Crippen molar-refractivity contribution in [3.05, 3.63) is 92.6 Å². The van der Waals surface area contributed by atoms with Gasteiger partial charge >= 0.3 is 6.18 Å². The number of carbonyl (C=O) groups is 1. The van der Waals surface area contributed by atoms with Gasteiger partial charge in [0.05, 0.1) is 27.2 Å². The van der Waals surface area contributed by atoms with E-state index in [0.29, 0.717) is 27.3 Å². The molecule has 34 heavy (non-hydrogen) atoms. The Kier molecular flexibility index (Phi) is 6.69. The number of amides is 1. The van der Waals surface area contributed by atoms with Crippen LogP contribution in [0.15, 0.2) is 54.7 Å². The van der Waals surface area contributed by atoms with E-state index in [0.717, 1.165) is 12.1 Å². The minimum absolute atomic E-state index is 0.0123. The highest BCUT2D eigenvalue weighted by Gasteiger charge is 2.35. The zero-order valence-electron chi connectivity index (χ0n) is 17.4. The Morgan fingerprint density at radius 3 is 2.56 bits per heavy atom. The van der Waals surface area contributed by atoms with Crippen molar-refractivity contribution in [1.82, 2.24) is 9.88 Å². The number of aromatic nitrogens is 1. The number of benzene rings is 2. The molecule has 1 aromatic heterocycles.